The number of hydrogen-bond donors (Lipinski definition) is 0. The van der Waals surface area contributed by atoms with Gasteiger partial charge in [0.05, 0.1) is 17.8 Å². The van der Waals surface area contributed by atoms with Crippen LogP contribution in [0.4, 0.5) is 10.2 Å². The van der Waals surface area contributed by atoms with Gasteiger partial charge in [-0.05, 0) is 54.1 Å². The number of pyridine rings is 1. The number of nitrogens with zero attached hydrogens (tertiary/aromatic N) is 5. The first-order chi connectivity index (χ1) is 17.9. The molecular weight excluding hydrogens is 493 g/mol. The smallest absolute Gasteiger partial charge is 0.332 e. The van der Waals surface area contributed by atoms with Crippen molar-refractivity contribution in [3.63, 3.8) is 0 Å². The molecule has 1 aliphatic heterocycles. The van der Waals surface area contributed by atoms with Crippen LogP contribution in [0.2, 0.25) is 5.02 Å². The average Bonchev–Trinajstić information content (AvgIpc) is 3.25. The fourth-order valence-electron chi connectivity index (χ4n) is 4.81. The average molecular weight is 522 g/mol. The first-order valence-corrected chi connectivity index (χ1v) is 12.6. The third-order valence-corrected chi connectivity index (χ3v) is 7.23. The maximum absolute atomic E-state index is 15.0. The number of aromatic nitrogens is 3. The second-order valence-electron chi connectivity index (χ2n) is 9.09. The zero-order valence-electron chi connectivity index (χ0n) is 21.1. The summed E-state index contributed by atoms with van der Waals surface area (Å²) in [5, 5.41) is 0.371. The van der Waals surface area contributed by atoms with Gasteiger partial charge in [-0.3, -0.25) is 4.57 Å². The lowest BCUT2D eigenvalue weighted by Crippen LogP contribution is -2.46. The van der Waals surface area contributed by atoms with Crippen molar-refractivity contribution in [2.75, 3.05) is 44.7 Å². The lowest BCUT2D eigenvalue weighted by molar-refractivity contribution is 0.270. The van der Waals surface area contributed by atoms with E-state index in [4.69, 9.17) is 16.3 Å². The summed E-state index contributed by atoms with van der Waals surface area (Å²) in [6, 6.07) is 12.1. The number of halogens is 2. The molecule has 0 N–H and O–H groups in total. The molecule has 1 saturated heterocycles. The van der Waals surface area contributed by atoms with Gasteiger partial charge in [0.1, 0.15) is 17.4 Å². The number of methoxy groups -OCH3 is 1. The van der Waals surface area contributed by atoms with Crippen LogP contribution in [0.1, 0.15) is 6.92 Å². The second-order valence-corrected chi connectivity index (χ2v) is 9.49. The van der Waals surface area contributed by atoms with Gasteiger partial charge in [0.25, 0.3) is 0 Å². The van der Waals surface area contributed by atoms with Crippen LogP contribution in [0, 0.1) is 5.82 Å². The summed E-state index contributed by atoms with van der Waals surface area (Å²) in [5.41, 5.74) is 3.05. The number of hydrogen-bond acceptors (Lipinski definition) is 5. The maximum atomic E-state index is 15.0. The lowest BCUT2D eigenvalue weighted by atomic mass is 9.97. The monoisotopic (exact) mass is 521 g/mol. The Morgan fingerprint density at radius 2 is 1.70 bits per heavy atom. The van der Waals surface area contributed by atoms with Crippen LogP contribution in [0.3, 0.4) is 0 Å². The molecule has 0 amide bonds. The molecule has 5 rings (SSSR count). The minimum absolute atomic E-state index is 0.204. The van der Waals surface area contributed by atoms with Crippen LogP contribution in [0.5, 0.6) is 5.75 Å². The minimum Gasteiger partial charge on any atom is -0.495 e. The Hall–Kier alpha value is -3.62. The highest BCUT2D eigenvalue weighted by molar-refractivity contribution is 6.32. The van der Waals surface area contributed by atoms with E-state index in [0.29, 0.717) is 33.1 Å². The van der Waals surface area contributed by atoms with E-state index >= 15 is 0 Å². The van der Waals surface area contributed by atoms with Crippen LogP contribution < -0.4 is 15.3 Å². The Morgan fingerprint density at radius 3 is 2.30 bits per heavy atom. The summed E-state index contributed by atoms with van der Waals surface area (Å²) in [6.45, 7) is 6.97. The molecule has 3 heterocycles. The van der Waals surface area contributed by atoms with Gasteiger partial charge in [-0.25, -0.2) is 14.2 Å². The van der Waals surface area contributed by atoms with Crippen LogP contribution >= 0.6 is 11.6 Å². The summed E-state index contributed by atoms with van der Waals surface area (Å²) < 4.78 is 23.7. The van der Waals surface area contributed by atoms with Crippen LogP contribution in [-0.2, 0) is 7.05 Å². The number of rotatable bonds is 6. The molecule has 0 radical (unpaired) electrons. The molecule has 1 aliphatic rings. The highest BCUT2D eigenvalue weighted by atomic mass is 35.5. The van der Waals surface area contributed by atoms with Gasteiger partial charge in [-0.2, -0.15) is 0 Å². The van der Waals surface area contributed by atoms with Gasteiger partial charge in [0.2, 0.25) is 0 Å². The van der Waals surface area contributed by atoms with E-state index in [1.807, 2.05) is 18.2 Å². The number of aryl methyl sites for hydroxylation is 1. The molecule has 9 heteroatoms. The van der Waals surface area contributed by atoms with Crippen LogP contribution in [0.25, 0.3) is 27.9 Å². The van der Waals surface area contributed by atoms with Crippen molar-refractivity contribution in [1.29, 1.82) is 0 Å². The zero-order chi connectivity index (χ0) is 26.1. The minimum atomic E-state index is -0.389. The molecule has 7 nitrogen and oxygen atoms in total. The molecule has 0 unspecified atom stereocenters. The predicted octanol–water partition coefficient (Wildman–Crippen LogP) is 4.85. The van der Waals surface area contributed by atoms with Crippen molar-refractivity contribution in [3.8, 4) is 33.7 Å². The molecule has 0 spiro atoms. The molecule has 0 aliphatic carbocycles. The largest absolute Gasteiger partial charge is 0.495 e. The fraction of sp³-hybridized carbons (Fsp3) is 0.286. The third-order valence-electron chi connectivity index (χ3n) is 6.92. The number of ether oxygens (including phenoxy) is 1. The van der Waals surface area contributed by atoms with Gasteiger partial charge in [-0.15, -0.1) is 0 Å². The highest BCUT2D eigenvalue weighted by Gasteiger charge is 2.20. The normalized spacial score (nSPS) is 14.2. The van der Waals surface area contributed by atoms with Crippen molar-refractivity contribution < 1.29 is 9.13 Å². The van der Waals surface area contributed by atoms with Gasteiger partial charge >= 0.3 is 5.69 Å². The molecule has 0 bridgehead atoms. The summed E-state index contributed by atoms with van der Waals surface area (Å²) in [7, 11) is 3.25. The Bertz CT molecular complexity index is 1490. The van der Waals surface area contributed by atoms with E-state index in [0.717, 1.165) is 44.1 Å². The predicted molar refractivity (Wildman–Crippen MR) is 146 cm³/mol. The number of benzene rings is 2. The Balaban J connectivity index is 1.53. The molecule has 2 aromatic carbocycles. The molecular formula is C28H29ClFN5O2. The molecule has 2 aromatic heterocycles. The van der Waals surface area contributed by atoms with Crippen LogP contribution in [-0.4, -0.2) is 58.9 Å². The van der Waals surface area contributed by atoms with Gasteiger partial charge < -0.3 is 19.1 Å². The Labute approximate surface area is 220 Å². The summed E-state index contributed by atoms with van der Waals surface area (Å²) in [4.78, 5) is 21.6. The van der Waals surface area contributed by atoms with E-state index in [-0.39, 0.29) is 11.5 Å². The molecule has 4 aromatic rings. The molecule has 0 saturated carbocycles. The second kappa shape index (κ2) is 10.4. The summed E-state index contributed by atoms with van der Waals surface area (Å²) in [6.07, 6.45) is 5.08. The van der Waals surface area contributed by atoms with Gasteiger partial charge in [0.15, 0.2) is 0 Å². The van der Waals surface area contributed by atoms with E-state index in [1.54, 1.807) is 44.9 Å². The quantitative estimate of drug-likeness (QED) is 0.363. The Kier molecular flexibility index (Phi) is 7.04. The van der Waals surface area contributed by atoms with Crippen molar-refractivity contribution in [2.45, 2.75) is 6.92 Å². The van der Waals surface area contributed by atoms with Crippen molar-refractivity contribution in [2.24, 2.45) is 7.05 Å². The first-order valence-electron chi connectivity index (χ1n) is 12.2. The first kappa shape index (κ1) is 25.0. The molecule has 37 heavy (non-hydrogen) atoms. The molecule has 1 fully saturated rings. The SMILES string of the molecule is CCN1CCN(c2cc(-c3cc(F)cc(-c4ccc(-n5ccn(C)c5=O)c(Cl)c4)c3OC)ccn2)CC1. The van der Waals surface area contributed by atoms with E-state index in [9.17, 15) is 9.18 Å². The van der Waals surface area contributed by atoms with Crippen molar-refractivity contribution in [1.82, 2.24) is 19.0 Å². The number of piperazine rings is 1. The highest BCUT2D eigenvalue weighted by Crippen LogP contribution is 2.41. The number of imidazole rings is 1. The van der Waals surface area contributed by atoms with E-state index in [1.165, 1.54) is 21.3 Å². The number of anilines is 1. The molecule has 0 atom stereocenters. The molecule has 192 valence electrons. The third kappa shape index (κ3) is 4.86. The number of likely N-dealkylation sites (N-methyl/N-ethyl adjacent to an activating group) is 1. The summed E-state index contributed by atoms with van der Waals surface area (Å²) >= 11 is 6.59. The maximum Gasteiger partial charge on any atom is 0.332 e. The Morgan fingerprint density at radius 1 is 1.00 bits per heavy atom. The topological polar surface area (TPSA) is 55.5 Å². The fourth-order valence-corrected chi connectivity index (χ4v) is 5.08. The van der Waals surface area contributed by atoms with Gasteiger partial charge in [-0.1, -0.05) is 24.6 Å². The summed E-state index contributed by atoms with van der Waals surface area (Å²) in [5.74, 6) is 1.01. The van der Waals surface area contributed by atoms with Crippen molar-refractivity contribution in [3.05, 3.63) is 82.4 Å². The van der Waals surface area contributed by atoms with Crippen LogP contribution in [0.15, 0.2) is 65.8 Å². The zero-order valence-corrected chi connectivity index (χ0v) is 21.9. The van der Waals surface area contributed by atoms with E-state index < -0.39 is 0 Å². The van der Waals surface area contributed by atoms with Gasteiger partial charge in [0, 0.05) is 62.9 Å². The standard InChI is InChI=1S/C28H29ClFN5O2/c1-4-33-10-12-34(13-11-33)26-16-20(7-8-31-26)23-18-21(30)17-22(27(23)37-3)19-5-6-25(24(29)15-19)35-14-9-32(2)28(35)36/h5-9,14-18H,4,10-13H2,1-3H3. The van der Waals surface area contributed by atoms with E-state index in [2.05, 4.69) is 21.7 Å². The van der Waals surface area contributed by atoms with Crippen molar-refractivity contribution >= 4 is 17.4 Å². The lowest BCUT2D eigenvalue weighted by Gasteiger charge is -2.34.